The van der Waals surface area contributed by atoms with E-state index in [0.717, 1.165) is 12.8 Å². The highest BCUT2D eigenvalue weighted by atomic mass is 35.5. The molecule has 0 saturated carbocycles. The van der Waals surface area contributed by atoms with Crippen LogP contribution in [-0.2, 0) is 14.8 Å². The summed E-state index contributed by atoms with van der Waals surface area (Å²) in [5.74, 6) is 0.689. The number of tetrazole rings is 1. The summed E-state index contributed by atoms with van der Waals surface area (Å²) in [7, 11) is -3.49. The van der Waals surface area contributed by atoms with Gasteiger partial charge in [0, 0.05) is 19.0 Å². The molecule has 1 aromatic rings. The van der Waals surface area contributed by atoms with Crippen LogP contribution in [0.3, 0.4) is 0 Å². The molecule has 1 unspecified atom stereocenters. The third kappa shape index (κ3) is 19.3. The molecule has 39 heavy (non-hydrogen) atoms. The second-order valence-electron chi connectivity index (χ2n) is 10.4. The molecule has 10 nitrogen and oxygen atoms in total. The van der Waals surface area contributed by atoms with E-state index in [1.54, 1.807) is 6.92 Å². The first kappa shape index (κ1) is 35.6. The standard InChI is InChI=1S/C27H53ClN6O4S/c1-3-4-5-6-7-8-9-10-11-12-13-14-15-16-17-18-21-29-27(35)38-24-26(34-25(2)31-32-33-34)23-30-39(36,37)22-19-20-28/h26,30H,3-24H2,1-2H3,(H,29,35). The van der Waals surface area contributed by atoms with Crippen molar-refractivity contribution in [2.24, 2.45) is 0 Å². The Morgan fingerprint density at radius 2 is 1.44 bits per heavy atom. The highest BCUT2D eigenvalue weighted by molar-refractivity contribution is 7.89. The number of halogens is 1. The summed E-state index contributed by atoms with van der Waals surface area (Å²) in [4.78, 5) is 12.2. The zero-order chi connectivity index (χ0) is 28.6. The first-order valence-corrected chi connectivity index (χ1v) is 17.3. The lowest BCUT2D eigenvalue weighted by Crippen LogP contribution is -2.36. The summed E-state index contributed by atoms with van der Waals surface area (Å²) in [6, 6.07) is -0.563. The molecule has 1 rings (SSSR count). The molecule has 0 aliphatic carbocycles. The quantitative estimate of drug-likeness (QED) is 0.0988. The van der Waals surface area contributed by atoms with Crippen LogP contribution in [0.15, 0.2) is 0 Å². The minimum atomic E-state index is -3.49. The Labute approximate surface area is 241 Å². The van der Waals surface area contributed by atoms with Gasteiger partial charge >= 0.3 is 6.09 Å². The Morgan fingerprint density at radius 1 is 0.897 bits per heavy atom. The molecule has 0 spiro atoms. The number of alkyl carbamates (subject to hydrolysis) is 1. The molecule has 228 valence electrons. The van der Waals surface area contributed by atoms with Crippen molar-refractivity contribution in [2.75, 3.05) is 31.3 Å². The maximum atomic E-state index is 12.2. The first-order chi connectivity index (χ1) is 18.9. The second-order valence-corrected chi connectivity index (χ2v) is 12.7. The van der Waals surface area contributed by atoms with Crippen LogP contribution in [0.4, 0.5) is 4.79 Å². The third-order valence-electron chi connectivity index (χ3n) is 6.80. The number of sulfonamides is 1. The first-order valence-electron chi connectivity index (χ1n) is 15.1. The lowest BCUT2D eigenvalue weighted by Gasteiger charge is -2.18. The Morgan fingerprint density at radius 3 is 1.92 bits per heavy atom. The van der Waals surface area contributed by atoms with Crippen LogP contribution in [0.5, 0.6) is 0 Å². The van der Waals surface area contributed by atoms with Gasteiger partial charge in [0.1, 0.15) is 18.5 Å². The van der Waals surface area contributed by atoms with E-state index in [2.05, 4.69) is 32.5 Å². The molecule has 0 aliphatic rings. The minimum absolute atomic E-state index is 0.00288. The molecule has 2 N–H and O–H groups in total. The molecule has 12 heteroatoms. The Kier molecular flexibility index (Phi) is 21.2. The van der Waals surface area contributed by atoms with Gasteiger partial charge in [-0.25, -0.2) is 22.6 Å². The number of amides is 1. The number of nitrogens with zero attached hydrogens (tertiary/aromatic N) is 4. The van der Waals surface area contributed by atoms with Crippen LogP contribution in [0.2, 0.25) is 0 Å². The van der Waals surface area contributed by atoms with Gasteiger partial charge in [-0.3, -0.25) is 0 Å². The summed E-state index contributed by atoms with van der Waals surface area (Å²) in [5.41, 5.74) is 0. The molecular weight excluding hydrogens is 540 g/mol. The number of hydrogen-bond acceptors (Lipinski definition) is 7. The van der Waals surface area contributed by atoms with Crippen LogP contribution in [0, 0.1) is 6.92 Å². The van der Waals surface area contributed by atoms with E-state index >= 15 is 0 Å². The number of nitrogens with one attached hydrogen (secondary N) is 2. The number of carbonyl (C=O) groups excluding carboxylic acids is 1. The van der Waals surface area contributed by atoms with Gasteiger partial charge in [0.2, 0.25) is 10.0 Å². The van der Waals surface area contributed by atoms with Crippen molar-refractivity contribution >= 4 is 27.7 Å². The number of unbranched alkanes of at least 4 members (excludes halogenated alkanes) is 15. The molecule has 1 heterocycles. The van der Waals surface area contributed by atoms with E-state index in [4.69, 9.17) is 16.3 Å². The molecule has 0 radical (unpaired) electrons. The Balaban J connectivity index is 2.08. The zero-order valence-electron chi connectivity index (χ0n) is 24.3. The number of hydrogen-bond donors (Lipinski definition) is 2. The summed E-state index contributed by atoms with van der Waals surface area (Å²) >= 11 is 5.60. The van der Waals surface area contributed by atoms with Crippen molar-refractivity contribution in [3.63, 3.8) is 0 Å². The zero-order valence-corrected chi connectivity index (χ0v) is 25.9. The van der Waals surface area contributed by atoms with E-state index < -0.39 is 22.2 Å². The van der Waals surface area contributed by atoms with Crippen molar-refractivity contribution in [3.8, 4) is 0 Å². The second kappa shape index (κ2) is 23.3. The van der Waals surface area contributed by atoms with E-state index in [1.165, 1.54) is 94.6 Å². The van der Waals surface area contributed by atoms with Crippen molar-refractivity contribution in [1.82, 2.24) is 30.2 Å². The van der Waals surface area contributed by atoms with Crippen molar-refractivity contribution in [2.45, 2.75) is 129 Å². The van der Waals surface area contributed by atoms with Crippen molar-refractivity contribution in [3.05, 3.63) is 5.82 Å². The lowest BCUT2D eigenvalue weighted by atomic mass is 10.0. The predicted molar refractivity (Wildman–Crippen MR) is 158 cm³/mol. The van der Waals surface area contributed by atoms with Crippen LogP contribution in [-0.4, -0.2) is 66.0 Å². The molecule has 1 atom stereocenters. The molecular formula is C27H53ClN6O4S. The largest absolute Gasteiger partial charge is 0.447 e. The van der Waals surface area contributed by atoms with Gasteiger partial charge in [0.05, 0.1) is 5.75 Å². The summed E-state index contributed by atoms with van der Waals surface area (Å²) < 4.78 is 33.5. The highest BCUT2D eigenvalue weighted by Crippen LogP contribution is 2.14. The van der Waals surface area contributed by atoms with E-state index in [9.17, 15) is 13.2 Å². The van der Waals surface area contributed by atoms with Crippen LogP contribution >= 0.6 is 11.6 Å². The molecule has 0 fully saturated rings. The molecule has 1 amide bonds. The summed E-state index contributed by atoms with van der Waals surface area (Å²) in [6.07, 6.45) is 20.7. The fraction of sp³-hybridized carbons (Fsp3) is 0.926. The minimum Gasteiger partial charge on any atom is -0.447 e. The predicted octanol–water partition coefficient (Wildman–Crippen LogP) is 6.06. The number of aryl methyl sites for hydroxylation is 1. The number of carbonyl (C=O) groups is 1. The number of ether oxygens (including phenoxy) is 1. The number of rotatable bonds is 26. The molecule has 0 aliphatic heterocycles. The van der Waals surface area contributed by atoms with Gasteiger partial charge in [-0.1, -0.05) is 103 Å². The number of aromatic nitrogens is 4. The van der Waals surface area contributed by atoms with Crippen LogP contribution < -0.4 is 10.0 Å². The van der Waals surface area contributed by atoms with Gasteiger partial charge in [-0.15, -0.1) is 16.7 Å². The molecule has 0 saturated heterocycles. The SMILES string of the molecule is CCCCCCCCCCCCCCCCCCNC(=O)OCC(CNS(=O)(=O)CCCCl)n1nnnc1C. The fourth-order valence-corrected chi connectivity index (χ4v) is 5.83. The van der Waals surface area contributed by atoms with Gasteiger partial charge in [-0.2, -0.15) is 0 Å². The van der Waals surface area contributed by atoms with Gasteiger partial charge < -0.3 is 10.1 Å². The maximum absolute atomic E-state index is 12.2. The molecule has 0 aromatic carbocycles. The Bertz CT molecular complexity index is 840. The maximum Gasteiger partial charge on any atom is 0.407 e. The Hall–Kier alpha value is -1.46. The average Bonchev–Trinajstić information content (AvgIpc) is 3.34. The summed E-state index contributed by atoms with van der Waals surface area (Å²) in [5, 5.41) is 14.1. The lowest BCUT2D eigenvalue weighted by molar-refractivity contribution is 0.125. The molecule has 1 aromatic heterocycles. The van der Waals surface area contributed by atoms with Crippen LogP contribution in [0.25, 0.3) is 0 Å². The van der Waals surface area contributed by atoms with E-state index in [-0.39, 0.29) is 24.8 Å². The number of alkyl halides is 1. The van der Waals surface area contributed by atoms with Gasteiger partial charge in [0.25, 0.3) is 0 Å². The monoisotopic (exact) mass is 592 g/mol. The van der Waals surface area contributed by atoms with Crippen molar-refractivity contribution < 1.29 is 17.9 Å². The third-order valence-corrected chi connectivity index (χ3v) is 8.50. The van der Waals surface area contributed by atoms with Gasteiger partial charge in [-0.05, 0) is 30.2 Å². The topological polar surface area (TPSA) is 128 Å². The molecule has 0 bridgehead atoms. The highest BCUT2D eigenvalue weighted by Gasteiger charge is 2.21. The fourth-order valence-electron chi connectivity index (χ4n) is 4.42. The van der Waals surface area contributed by atoms with Gasteiger partial charge in [0.15, 0.2) is 0 Å². The van der Waals surface area contributed by atoms with E-state index in [1.807, 2.05) is 0 Å². The summed E-state index contributed by atoms with van der Waals surface area (Å²) in [6.45, 7) is 4.46. The normalized spacial score (nSPS) is 12.5. The average molecular weight is 593 g/mol. The van der Waals surface area contributed by atoms with Crippen LogP contribution in [0.1, 0.15) is 128 Å². The smallest absolute Gasteiger partial charge is 0.407 e. The van der Waals surface area contributed by atoms with Crippen molar-refractivity contribution in [1.29, 1.82) is 0 Å². The van der Waals surface area contributed by atoms with E-state index in [0.29, 0.717) is 18.8 Å².